The van der Waals surface area contributed by atoms with Crippen LogP contribution in [0.1, 0.15) is 52.9 Å². The summed E-state index contributed by atoms with van der Waals surface area (Å²) in [7, 11) is 0. The molecular weight excluding hydrogens is 304 g/mol. The van der Waals surface area contributed by atoms with E-state index >= 15 is 0 Å². The van der Waals surface area contributed by atoms with Crippen molar-refractivity contribution in [2.75, 3.05) is 26.2 Å². The number of hydrogen-bond donors (Lipinski definition) is 0. The summed E-state index contributed by atoms with van der Waals surface area (Å²) < 4.78 is 6.23. The SMILES string of the molecule is CCC(=O)N1CCC(OC2CCN(C(=O)/C=C/C(C)C)CC2)CC1. The second kappa shape index (κ2) is 9.21. The van der Waals surface area contributed by atoms with Gasteiger partial charge in [-0.25, -0.2) is 0 Å². The van der Waals surface area contributed by atoms with Gasteiger partial charge >= 0.3 is 0 Å². The first-order chi connectivity index (χ1) is 11.5. The molecule has 2 rings (SSSR count). The zero-order chi connectivity index (χ0) is 17.5. The van der Waals surface area contributed by atoms with E-state index in [9.17, 15) is 9.59 Å². The van der Waals surface area contributed by atoms with Crippen molar-refractivity contribution in [2.45, 2.75) is 65.1 Å². The first kappa shape index (κ1) is 19.0. The topological polar surface area (TPSA) is 49.9 Å². The van der Waals surface area contributed by atoms with Gasteiger partial charge in [-0.3, -0.25) is 9.59 Å². The van der Waals surface area contributed by atoms with Crippen molar-refractivity contribution in [3.05, 3.63) is 12.2 Å². The van der Waals surface area contributed by atoms with Crippen LogP contribution < -0.4 is 0 Å². The molecule has 24 heavy (non-hydrogen) atoms. The van der Waals surface area contributed by atoms with Crippen LogP contribution in [0.15, 0.2) is 12.2 Å². The fraction of sp³-hybridized carbons (Fsp3) is 0.789. The number of nitrogens with zero attached hydrogens (tertiary/aromatic N) is 2. The van der Waals surface area contributed by atoms with Crippen LogP contribution in [0.4, 0.5) is 0 Å². The highest BCUT2D eigenvalue weighted by Crippen LogP contribution is 2.21. The Bertz CT molecular complexity index is 446. The summed E-state index contributed by atoms with van der Waals surface area (Å²) in [4.78, 5) is 27.7. The summed E-state index contributed by atoms with van der Waals surface area (Å²) in [5, 5.41) is 0. The first-order valence-corrected chi connectivity index (χ1v) is 9.40. The third-order valence-electron chi connectivity index (χ3n) is 4.86. The molecule has 0 atom stereocenters. The van der Waals surface area contributed by atoms with Gasteiger partial charge in [-0.15, -0.1) is 0 Å². The lowest BCUT2D eigenvalue weighted by atomic mass is 10.0. The Morgan fingerprint density at radius 1 is 1.00 bits per heavy atom. The molecule has 0 N–H and O–H groups in total. The predicted octanol–water partition coefficient (Wildman–Crippen LogP) is 2.61. The van der Waals surface area contributed by atoms with E-state index in [1.165, 1.54) is 0 Å². The van der Waals surface area contributed by atoms with Gasteiger partial charge in [0.1, 0.15) is 0 Å². The van der Waals surface area contributed by atoms with Crippen LogP contribution in [0.3, 0.4) is 0 Å². The molecule has 2 heterocycles. The Hall–Kier alpha value is -1.36. The molecule has 2 fully saturated rings. The Balaban J connectivity index is 1.68. The fourth-order valence-corrected chi connectivity index (χ4v) is 3.33. The highest BCUT2D eigenvalue weighted by Gasteiger charge is 2.27. The molecule has 136 valence electrons. The molecule has 0 aliphatic carbocycles. The standard InChI is InChI=1S/C19H32N2O3/c1-4-18(22)20-11-7-16(8-12-20)24-17-9-13-21(14-10-17)19(23)6-5-15(2)3/h5-6,15-17H,4,7-14H2,1-3H3/b6-5+. The summed E-state index contributed by atoms with van der Waals surface area (Å²) in [5.41, 5.74) is 0. The summed E-state index contributed by atoms with van der Waals surface area (Å²) in [5.74, 6) is 0.767. The number of amides is 2. The maximum atomic E-state index is 12.1. The van der Waals surface area contributed by atoms with E-state index in [0.29, 0.717) is 12.3 Å². The molecule has 0 radical (unpaired) electrons. The van der Waals surface area contributed by atoms with Crippen LogP contribution in [0.2, 0.25) is 0 Å². The Kier molecular flexibility index (Phi) is 7.28. The third-order valence-corrected chi connectivity index (χ3v) is 4.86. The highest BCUT2D eigenvalue weighted by atomic mass is 16.5. The smallest absolute Gasteiger partial charge is 0.246 e. The van der Waals surface area contributed by atoms with Gasteiger partial charge in [0.25, 0.3) is 0 Å². The van der Waals surface area contributed by atoms with Gasteiger partial charge < -0.3 is 14.5 Å². The van der Waals surface area contributed by atoms with Crippen molar-refractivity contribution < 1.29 is 14.3 Å². The summed E-state index contributed by atoms with van der Waals surface area (Å²) in [6, 6.07) is 0. The Labute approximate surface area is 146 Å². The predicted molar refractivity (Wildman–Crippen MR) is 94.6 cm³/mol. The molecule has 0 aromatic carbocycles. The van der Waals surface area contributed by atoms with Crippen LogP contribution in [-0.2, 0) is 14.3 Å². The van der Waals surface area contributed by atoms with Gasteiger partial charge in [-0.2, -0.15) is 0 Å². The lowest BCUT2D eigenvalue weighted by Gasteiger charge is -2.37. The largest absolute Gasteiger partial charge is 0.375 e. The van der Waals surface area contributed by atoms with Gasteiger partial charge in [0.15, 0.2) is 0 Å². The van der Waals surface area contributed by atoms with Crippen molar-refractivity contribution in [3.8, 4) is 0 Å². The van der Waals surface area contributed by atoms with E-state index in [1.807, 2.05) is 22.8 Å². The van der Waals surface area contributed by atoms with E-state index in [2.05, 4.69) is 13.8 Å². The maximum Gasteiger partial charge on any atom is 0.246 e. The summed E-state index contributed by atoms with van der Waals surface area (Å²) in [6.45, 7) is 9.24. The van der Waals surface area contributed by atoms with E-state index < -0.39 is 0 Å². The molecule has 5 heteroatoms. The number of ether oxygens (including phenoxy) is 1. The second-order valence-corrected chi connectivity index (χ2v) is 7.20. The Morgan fingerprint density at radius 2 is 1.50 bits per heavy atom. The minimum absolute atomic E-state index is 0.119. The lowest BCUT2D eigenvalue weighted by molar-refractivity contribution is -0.135. The average molecular weight is 336 g/mol. The van der Waals surface area contributed by atoms with Gasteiger partial charge in [-0.1, -0.05) is 26.8 Å². The van der Waals surface area contributed by atoms with Crippen LogP contribution >= 0.6 is 0 Å². The fourth-order valence-electron chi connectivity index (χ4n) is 3.33. The van der Waals surface area contributed by atoms with Crippen LogP contribution in [0.5, 0.6) is 0 Å². The van der Waals surface area contributed by atoms with E-state index in [4.69, 9.17) is 4.74 Å². The molecule has 5 nitrogen and oxygen atoms in total. The highest BCUT2D eigenvalue weighted by molar-refractivity contribution is 5.87. The number of carbonyl (C=O) groups excluding carboxylic acids is 2. The molecular formula is C19H32N2O3. The molecule has 0 spiro atoms. The summed E-state index contributed by atoms with van der Waals surface area (Å²) in [6.07, 6.45) is 8.45. The second-order valence-electron chi connectivity index (χ2n) is 7.20. The molecule has 0 aromatic heterocycles. The van der Waals surface area contributed by atoms with Crippen molar-refractivity contribution in [1.82, 2.24) is 9.80 Å². The Morgan fingerprint density at radius 3 is 1.96 bits per heavy atom. The number of allylic oxidation sites excluding steroid dienone is 1. The molecule has 2 aliphatic rings. The zero-order valence-corrected chi connectivity index (χ0v) is 15.4. The van der Waals surface area contributed by atoms with Crippen LogP contribution in [-0.4, -0.2) is 60.0 Å². The molecule has 2 saturated heterocycles. The summed E-state index contributed by atoms with van der Waals surface area (Å²) >= 11 is 0. The molecule has 0 bridgehead atoms. The number of hydrogen-bond acceptors (Lipinski definition) is 3. The molecule has 0 unspecified atom stereocenters. The molecule has 0 aromatic rings. The average Bonchev–Trinajstić information content (AvgIpc) is 2.60. The van der Waals surface area contributed by atoms with E-state index in [0.717, 1.165) is 51.9 Å². The number of likely N-dealkylation sites (tertiary alicyclic amines) is 2. The monoisotopic (exact) mass is 336 g/mol. The molecule has 2 aliphatic heterocycles. The van der Waals surface area contributed by atoms with Crippen molar-refractivity contribution in [2.24, 2.45) is 5.92 Å². The van der Waals surface area contributed by atoms with Gasteiger partial charge in [0, 0.05) is 32.6 Å². The van der Waals surface area contributed by atoms with Gasteiger partial charge in [0.2, 0.25) is 11.8 Å². The number of piperidine rings is 2. The minimum atomic E-state index is 0.119. The van der Waals surface area contributed by atoms with E-state index in [1.54, 1.807) is 6.08 Å². The minimum Gasteiger partial charge on any atom is -0.375 e. The van der Waals surface area contributed by atoms with Crippen molar-refractivity contribution in [1.29, 1.82) is 0 Å². The third kappa shape index (κ3) is 5.62. The van der Waals surface area contributed by atoms with Gasteiger partial charge in [0.05, 0.1) is 12.2 Å². The first-order valence-electron chi connectivity index (χ1n) is 9.40. The molecule has 2 amide bonds. The molecule has 0 saturated carbocycles. The number of carbonyl (C=O) groups is 2. The van der Waals surface area contributed by atoms with Gasteiger partial charge in [-0.05, 0) is 37.7 Å². The number of rotatable bonds is 5. The van der Waals surface area contributed by atoms with Crippen molar-refractivity contribution in [3.63, 3.8) is 0 Å². The quantitative estimate of drug-likeness (QED) is 0.725. The van der Waals surface area contributed by atoms with Crippen LogP contribution in [0, 0.1) is 5.92 Å². The normalized spacial score (nSPS) is 21.0. The van der Waals surface area contributed by atoms with E-state index in [-0.39, 0.29) is 24.0 Å². The lowest BCUT2D eigenvalue weighted by Crippen LogP contribution is -2.44. The van der Waals surface area contributed by atoms with Crippen molar-refractivity contribution >= 4 is 11.8 Å². The maximum absolute atomic E-state index is 12.1. The van der Waals surface area contributed by atoms with Crippen LogP contribution in [0.25, 0.3) is 0 Å². The zero-order valence-electron chi connectivity index (χ0n) is 15.4.